The number of anilines is 1. The summed E-state index contributed by atoms with van der Waals surface area (Å²) in [7, 11) is 1.44. The van der Waals surface area contributed by atoms with Gasteiger partial charge in [0.25, 0.3) is 0 Å². The van der Waals surface area contributed by atoms with Crippen LogP contribution in [0, 0.1) is 12.7 Å². The van der Waals surface area contributed by atoms with E-state index in [1.54, 1.807) is 9.58 Å². The lowest BCUT2D eigenvalue weighted by Crippen LogP contribution is -2.39. The van der Waals surface area contributed by atoms with Crippen molar-refractivity contribution in [2.45, 2.75) is 32.5 Å². The Balaban J connectivity index is 1.70. The molecule has 0 saturated carbocycles. The Morgan fingerprint density at radius 3 is 3.03 bits per heavy atom. The number of amides is 3. The number of hydrogen-bond donors (Lipinski definition) is 2. The molecular weight excluding hydrogens is 463 g/mol. The van der Waals surface area contributed by atoms with E-state index in [-0.39, 0.29) is 23.4 Å². The first-order valence-corrected chi connectivity index (χ1v) is 10.00. The van der Waals surface area contributed by atoms with Gasteiger partial charge in [0.15, 0.2) is 5.82 Å². The minimum Gasteiger partial charge on any atom is -0.393 e. The molecule has 0 spiro atoms. The first-order valence-electron chi connectivity index (χ1n) is 9.20. The van der Waals surface area contributed by atoms with Gasteiger partial charge >= 0.3 is 6.03 Å². The number of carbonyl (C=O) groups is 2. The monoisotopic (exact) mass is 484 g/mol. The van der Waals surface area contributed by atoms with E-state index in [9.17, 15) is 19.1 Å². The highest BCUT2D eigenvalue weighted by molar-refractivity contribution is 9.10. The van der Waals surface area contributed by atoms with Crippen LogP contribution in [0.25, 0.3) is 0 Å². The second kappa shape index (κ2) is 9.49. The van der Waals surface area contributed by atoms with Crippen molar-refractivity contribution in [3.63, 3.8) is 0 Å². The number of halogens is 2. The highest BCUT2D eigenvalue weighted by atomic mass is 79.9. The molecule has 3 rings (SSSR count). The van der Waals surface area contributed by atoms with Crippen molar-refractivity contribution in [3.8, 4) is 0 Å². The summed E-state index contributed by atoms with van der Waals surface area (Å²) in [5.74, 6) is -0.636. The van der Waals surface area contributed by atoms with Gasteiger partial charge in [0.1, 0.15) is 10.7 Å². The van der Waals surface area contributed by atoms with Crippen molar-refractivity contribution in [2.75, 3.05) is 25.5 Å². The molecule has 3 amide bonds. The Morgan fingerprint density at radius 1 is 1.57 bits per heavy atom. The fourth-order valence-electron chi connectivity index (χ4n) is 3.20. The third kappa shape index (κ3) is 4.77. The van der Waals surface area contributed by atoms with E-state index < -0.39 is 18.0 Å². The Labute approximate surface area is 180 Å². The van der Waals surface area contributed by atoms with E-state index in [1.165, 1.54) is 19.3 Å². The summed E-state index contributed by atoms with van der Waals surface area (Å²) >= 11 is 3.00. The van der Waals surface area contributed by atoms with E-state index >= 15 is 0 Å². The molecule has 0 aliphatic carbocycles. The zero-order chi connectivity index (χ0) is 21.8. The molecule has 0 aromatic carbocycles. The largest absolute Gasteiger partial charge is 0.393 e. The Morgan fingerprint density at radius 2 is 2.33 bits per heavy atom. The van der Waals surface area contributed by atoms with E-state index in [0.717, 1.165) is 22.0 Å². The molecular formula is C18H22BrFN6O4. The molecule has 1 aliphatic heterocycles. The average Bonchev–Trinajstić information content (AvgIpc) is 3.05. The number of hydrogen-bond acceptors (Lipinski definition) is 6. The molecule has 2 aromatic heterocycles. The van der Waals surface area contributed by atoms with Crippen LogP contribution in [0.3, 0.4) is 0 Å². The summed E-state index contributed by atoms with van der Waals surface area (Å²) in [5, 5.41) is 17.6. The highest BCUT2D eigenvalue weighted by Crippen LogP contribution is 2.24. The van der Waals surface area contributed by atoms with Crippen LogP contribution < -0.4 is 5.32 Å². The normalized spacial score (nSPS) is 14.2. The van der Waals surface area contributed by atoms with E-state index in [2.05, 4.69) is 31.3 Å². The lowest BCUT2D eigenvalue weighted by molar-refractivity contribution is -0.192. The molecule has 1 atom stereocenters. The number of pyridine rings is 1. The summed E-state index contributed by atoms with van der Waals surface area (Å²) in [6.07, 6.45) is 1.79. The topological polar surface area (TPSA) is 113 Å². The minimum atomic E-state index is -0.646. The number of rotatable bonds is 7. The second-order valence-electron chi connectivity index (χ2n) is 6.82. The van der Waals surface area contributed by atoms with Crippen LogP contribution in [0.5, 0.6) is 0 Å². The van der Waals surface area contributed by atoms with Gasteiger partial charge < -0.3 is 15.3 Å². The van der Waals surface area contributed by atoms with Crippen LogP contribution in [-0.2, 0) is 29.1 Å². The number of urea groups is 1. The molecule has 2 aromatic rings. The van der Waals surface area contributed by atoms with E-state index in [0.29, 0.717) is 25.9 Å². The van der Waals surface area contributed by atoms with Gasteiger partial charge in [0.05, 0.1) is 31.1 Å². The summed E-state index contributed by atoms with van der Waals surface area (Å²) in [5.41, 5.74) is 2.63. The molecule has 0 radical (unpaired) electrons. The summed E-state index contributed by atoms with van der Waals surface area (Å²) in [4.78, 5) is 34.0. The lowest BCUT2D eigenvalue weighted by atomic mass is 10.1. The van der Waals surface area contributed by atoms with Crippen LogP contribution in [0.1, 0.15) is 17.0 Å². The zero-order valence-corrected chi connectivity index (χ0v) is 18.1. The highest BCUT2D eigenvalue weighted by Gasteiger charge is 2.27. The molecule has 1 unspecified atom stereocenters. The fourth-order valence-corrected chi connectivity index (χ4v) is 3.53. The molecule has 0 bridgehead atoms. The van der Waals surface area contributed by atoms with Gasteiger partial charge in [-0.05, 0) is 28.9 Å². The number of nitrogens with one attached hydrogen (secondary N) is 1. The maximum Gasteiger partial charge on any atom is 0.322 e. The first kappa shape index (κ1) is 22.1. The maximum absolute atomic E-state index is 14.1. The molecule has 3 heterocycles. The standard InChI is InChI=1S/C18H22BrFN6O4/c1-11-13-8-25(18(29)22-15-3-5-21-17(19)16(15)20)6-4-14(13)23-26(11)7-12(9-27)30-24(2)10-28/h3,5,10,12,27H,4,6-9H2,1-2H3,(H,21,22,29). The van der Waals surface area contributed by atoms with Gasteiger partial charge in [-0.3, -0.25) is 14.3 Å². The third-order valence-corrected chi connectivity index (χ3v) is 5.35. The summed E-state index contributed by atoms with van der Waals surface area (Å²) in [6, 6.07) is 0.969. The SMILES string of the molecule is Cc1c2c(nn1CC(CO)ON(C)C=O)CCN(C(=O)Nc1ccnc(Br)c1F)C2. The van der Waals surface area contributed by atoms with Crippen molar-refractivity contribution >= 4 is 34.1 Å². The van der Waals surface area contributed by atoms with Crippen molar-refractivity contribution in [1.29, 1.82) is 0 Å². The number of hydroxylamine groups is 2. The van der Waals surface area contributed by atoms with Crippen molar-refractivity contribution in [2.24, 2.45) is 0 Å². The first-order chi connectivity index (χ1) is 14.3. The van der Waals surface area contributed by atoms with Crippen LogP contribution >= 0.6 is 15.9 Å². The minimum absolute atomic E-state index is 0.0271. The van der Waals surface area contributed by atoms with Crippen molar-refractivity contribution in [3.05, 3.63) is 39.6 Å². The number of carbonyl (C=O) groups excluding carboxylic acids is 2. The van der Waals surface area contributed by atoms with Crippen molar-refractivity contribution in [1.82, 2.24) is 24.7 Å². The van der Waals surface area contributed by atoms with Crippen LogP contribution in [0.4, 0.5) is 14.9 Å². The number of aromatic nitrogens is 3. The Kier molecular flexibility index (Phi) is 7.00. The third-order valence-electron chi connectivity index (χ3n) is 4.80. The smallest absolute Gasteiger partial charge is 0.322 e. The van der Waals surface area contributed by atoms with Crippen LogP contribution in [0.15, 0.2) is 16.9 Å². The zero-order valence-electron chi connectivity index (χ0n) is 16.5. The molecule has 2 N–H and O–H groups in total. The fraction of sp³-hybridized carbons (Fsp3) is 0.444. The molecule has 10 nitrogen and oxygen atoms in total. The number of aliphatic hydroxyl groups excluding tert-OH is 1. The molecule has 162 valence electrons. The predicted molar refractivity (Wildman–Crippen MR) is 108 cm³/mol. The number of nitrogens with zero attached hydrogens (tertiary/aromatic N) is 5. The molecule has 30 heavy (non-hydrogen) atoms. The van der Waals surface area contributed by atoms with Crippen molar-refractivity contribution < 1.29 is 23.9 Å². The molecule has 1 aliphatic rings. The average molecular weight is 485 g/mol. The molecule has 0 fully saturated rings. The molecule has 0 saturated heterocycles. The molecule has 12 heteroatoms. The summed E-state index contributed by atoms with van der Waals surface area (Å²) in [6.45, 7) is 2.57. The van der Waals surface area contributed by atoms with Gasteiger partial charge in [0.2, 0.25) is 6.41 Å². The van der Waals surface area contributed by atoms with Gasteiger partial charge in [-0.1, -0.05) is 0 Å². The second-order valence-corrected chi connectivity index (χ2v) is 7.57. The van der Waals surface area contributed by atoms with Gasteiger partial charge in [-0.2, -0.15) is 5.10 Å². The van der Waals surface area contributed by atoms with Gasteiger partial charge in [0, 0.05) is 37.5 Å². The Hall–Kier alpha value is -2.57. The van der Waals surface area contributed by atoms with E-state index in [1.807, 2.05) is 6.92 Å². The predicted octanol–water partition coefficient (Wildman–Crippen LogP) is 1.46. The van der Waals surface area contributed by atoms with Crippen LogP contribution in [0.2, 0.25) is 0 Å². The van der Waals surface area contributed by atoms with E-state index in [4.69, 9.17) is 4.84 Å². The van der Waals surface area contributed by atoms with Crippen LogP contribution in [-0.4, -0.2) is 68.6 Å². The summed E-state index contributed by atoms with van der Waals surface area (Å²) < 4.78 is 15.8. The number of fused-ring (bicyclic) bond motifs is 1. The lowest BCUT2D eigenvalue weighted by Gasteiger charge is -2.27. The number of aliphatic hydroxyl groups is 1. The quantitative estimate of drug-likeness (QED) is 0.349. The van der Waals surface area contributed by atoms with Gasteiger partial charge in [-0.25, -0.2) is 19.2 Å². The van der Waals surface area contributed by atoms with Gasteiger partial charge in [-0.15, -0.1) is 0 Å². The maximum atomic E-state index is 14.1. The Bertz CT molecular complexity index is 940.